The van der Waals surface area contributed by atoms with Gasteiger partial charge in [-0.15, -0.1) is 0 Å². The predicted molar refractivity (Wildman–Crippen MR) is 54.3 cm³/mol. The van der Waals surface area contributed by atoms with E-state index < -0.39 is 5.60 Å². The summed E-state index contributed by atoms with van der Waals surface area (Å²) in [6, 6.07) is 5.50. The summed E-state index contributed by atoms with van der Waals surface area (Å²) in [5, 5.41) is 10.8. The summed E-state index contributed by atoms with van der Waals surface area (Å²) in [4.78, 5) is 0. The van der Waals surface area contributed by atoms with Crippen LogP contribution in [0.1, 0.15) is 18.4 Å². The van der Waals surface area contributed by atoms with Gasteiger partial charge in [0.15, 0.2) is 0 Å². The first-order chi connectivity index (χ1) is 6.09. The highest BCUT2D eigenvalue weighted by atomic mass is 35.5. The van der Waals surface area contributed by atoms with Crippen molar-refractivity contribution in [3.63, 3.8) is 0 Å². The van der Waals surface area contributed by atoms with Crippen LogP contribution < -0.4 is 0 Å². The maximum Gasteiger partial charge on any atom is 0.0690 e. The molecule has 0 radical (unpaired) electrons. The third kappa shape index (κ3) is 2.16. The van der Waals surface area contributed by atoms with Crippen LogP contribution in [-0.2, 0) is 6.42 Å². The largest absolute Gasteiger partial charge is 0.390 e. The number of hydrogen-bond donors (Lipinski definition) is 1. The Morgan fingerprint density at radius 1 is 1.23 bits per heavy atom. The molecule has 1 saturated carbocycles. The van der Waals surface area contributed by atoms with Gasteiger partial charge in [0.2, 0.25) is 0 Å². The molecule has 0 atom stereocenters. The summed E-state index contributed by atoms with van der Waals surface area (Å²) in [7, 11) is 0. The van der Waals surface area contributed by atoms with Crippen LogP contribution in [0.15, 0.2) is 18.2 Å². The van der Waals surface area contributed by atoms with Crippen molar-refractivity contribution >= 4 is 23.2 Å². The highest BCUT2D eigenvalue weighted by Crippen LogP contribution is 2.38. The second-order valence-corrected chi connectivity index (χ2v) is 4.46. The summed E-state index contributed by atoms with van der Waals surface area (Å²) < 4.78 is 0. The van der Waals surface area contributed by atoms with E-state index in [1.165, 1.54) is 0 Å². The van der Waals surface area contributed by atoms with Crippen molar-refractivity contribution in [2.45, 2.75) is 24.9 Å². The molecule has 1 aliphatic rings. The Morgan fingerprint density at radius 3 is 2.46 bits per heavy atom. The summed E-state index contributed by atoms with van der Waals surface area (Å²) in [6.45, 7) is 0. The Bertz CT molecular complexity index is 332. The zero-order valence-electron chi connectivity index (χ0n) is 7.06. The average Bonchev–Trinajstić information content (AvgIpc) is 2.76. The van der Waals surface area contributed by atoms with Gasteiger partial charge >= 0.3 is 0 Å². The van der Waals surface area contributed by atoms with E-state index in [1.54, 1.807) is 6.07 Å². The lowest BCUT2D eigenvalue weighted by molar-refractivity contribution is 0.151. The van der Waals surface area contributed by atoms with Crippen molar-refractivity contribution in [1.29, 1.82) is 0 Å². The van der Waals surface area contributed by atoms with Gasteiger partial charge in [0.1, 0.15) is 0 Å². The minimum atomic E-state index is -0.461. The average molecular weight is 217 g/mol. The van der Waals surface area contributed by atoms with Crippen LogP contribution in [0.4, 0.5) is 0 Å². The first-order valence-corrected chi connectivity index (χ1v) is 5.01. The Balaban J connectivity index is 2.17. The topological polar surface area (TPSA) is 20.2 Å². The fraction of sp³-hybridized carbons (Fsp3) is 0.400. The quantitative estimate of drug-likeness (QED) is 0.807. The van der Waals surface area contributed by atoms with E-state index >= 15 is 0 Å². The molecule has 0 heterocycles. The number of aliphatic hydroxyl groups is 1. The minimum Gasteiger partial charge on any atom is -0.390 e. The smallest absolute Gasteiger partial charge is 0.0690 e. The van der Waals surface area contributed by atoms with Gasteiger partial charge in [-0.05, 0) is 30.5 Å². The van der Waals surface area contributed by atoms with Crippen molar-refractivity contribution < 1.29 is 5.11 Å². The Morgan fingerprint density at radius 2 is 1.92 bits per heavy atom. The van der Waals surface area contributed by atoms with Crippen LogP contribution >= 0.6 is 23.2 Å². The van der Waals surface area contributed by atoms with Crippen LogP contribution in [-0.4, -0.2) is 10.7 Å². The molecule has 3 heteroatoms. The SMILES string of the molecule is OC1(Cc2ccc(Cl)c(Cl)c2)CC1. The lowest BCUT2D eigenvalue weighted by Gasteiger charge is -2.07. The van der Waals surface area contributed by atoms with E-state index in [0.717, 1.165) is 18.4 Å². The first kappa shape index (κ1) is 9.32. The van der Waals surface area contributed by atoms with E-state index in [0.29, 0.717) is 16.5 Å². The zero-order chi connectivity index (χ0) is 9.47. The third-order valence-electron chi connectivity index (χ3n) is 2.34. The standard InChI is InChI=1S/C10H10Cl2O/c11-8-2-1-7(5-9(8)12)6-10(13)3-4-10/h1-2,5,13H,3-4,6H2. The van der Waals surface area contributed by atoms with E-state index in [9.17, 15) is 5.11 Å². The van der Waals surface area contributed by atoms with Gasteiger partial charge < -0.3 is 5.11 Å². The minimum absolute atomic E-state index is 0.461. The van der Waals surface area contributed by atoms with Crippen molar-refractivity contribution in [3.05, 3.63) is 33.8 Å². The molecule has 0 saturated heterocycles. The molecular weight excluding hydrogens is 207 g/mol. The molecule has 13 heavy (non-hydrogen) atoms. The van der Waals surface area contributed by atoms with E-state index in [1.807, 2.05) is 12.1 Å². The maximum atomic E-state index is 9.67. The molecule has 1 aromatic carbocycles. The molecular formula is C10H10Cl2O. The number of halogens is 2. The fourth-order valence-corrected chi connectivity index (χ4v) is 1.67. The van der Waals surface area contributed by atoms with E-state index in [-0.39, 0.29) is 0 Å². The number of rotatable bonds is 2. The molecule has 0 aromatic heterocycles. The van der Waals surface area contributed by atoms with Crippen molar-refractivity contribution in [3.8, 4) is 0 Å². The van der Waals surface area contributed by atoms with Crippen molar-refractivity contribution in [1.82, 2.24) is 0 Å². The molecule has 2 rings (SSSR count). The van der Waals surface area contributed by atoms with Gasteiger partial charge in [-0.25, -0.2) is 0 Å². The van der Waals surface area contributed by atoms with Gasteiger partial charge in [-0.2, -0.15) is 0 Å². The summed E-state index contributed by atoms with van der Waals surface area (Å²) in [5.74, 6) is 0. The van der Waals surface area contributed by atoms with Crippen LogP contribution in [0, 0.1) is 0 Å². The lowest BCUT2D eigenvalue weighted by Crippen LogP contribution is -2.10. The van der Waals surface area contributed by atoms with Gasteiger partial charge in [-0.1, -0.05) is 29.3 Å². The molecule has 0 spiro atoms. The van der Waals surface area contributed by atoms with Crippen molar-refractivity contribution in [2.75, 3.05) is 0 Å². The van der Waals surface area contributed by atoms with Crippen LogP contribution in [0.2, 0.25) is 10.0 Å². The normalized spacial score (nSPS) is 18.7. The zero-order valence-corrected chi connectivity index (χ0v) is 8.57. The predicted octanol–water partition coefficient (Wildman–Crippen LogP) is 3.06. The fourth-order valence-electron chi connectivity index (χ4n) is 1.35. The highest BCUT2D eigenvalue weighted by Gasteiger charge is 2.40. The molecule has 1 aliphatic carbocycles. The van der Waals surface area contributed by atoms with Crippen molar-refractivity contribution in [2.24, 2.45) is 0 Å². The Labute approximate surface area is 87.3 Å². The van der Waals surface area contributed by atoms with Crippen LogP contribution in [0.3, 0.4) is 0 Å². The van der Waals surface area contributed by atoms with Gasteiger partial charge in [0.05, 0.1) is 15.6 Å². The van der Waals surface area contributed by atoms with E-state index in [2.05, 4.69) is 0 Å². The van der Waals surface area contributed by atoms with Gasteiger partial charge in [-0.3, -0.25) is 0 Å². The van der Waals surface area contributed by atoms with Crippen LogP contribution in [0.5, 0.6) is 0 Å². The molecule has 1 N–H and O–H groups in total. The molecule has 70 valence electrons. The van der Waals surface area contributed by atoms with Gasteiger partial charge in [0.25, 0.3) is 0 Å². The number of hydrogen-bond acceptors (Lipinski definition) is 1. The first-order valence-electron chi connectivity index (χ1n) is 4.25. The van der Waals surface area contributed by atoms with Gasteiger partial charge in [0, 0.05) is 6.42 Å². The molecule has 1 aromatic rings. The molecule has 0 bridgehead atoms. The Kier molecular flexibility index (Phi) is 2.26. The Hall–Kier alpha value is -0.240. The molecule has 0 unspecified atom stereocenters. The van der Waals surface area contributed by atoms with Crippen LogP contribution in [0.25, 0.3) is 0 Å². The number of benzene rings is 1. The summed E-state index contributed by atoms with van der Waals surface area (Å²) in [5.41, 5.74) is 0.589. The summed E-state index contributed by atoms with van der Waals surface area (Å²) in [6.07, 6.45) is 2.48. The maximum absolute atomic E-state index is 9.67. The monoisotopic (exact) mass is 216 g/mol. The van der Waals surface area contributed by atoms with E-state index in [4.69, 9.17) is 23.2 Å². The molecule has 0 amide bonds. The highest BCUT2D eigenvalue weighted by molar-refractivity contribution is 6.42. The summed E-state index contributed by atoms with van der Waals surface area (Å²) >= 11 is 11.6. The second kappa shape index (κ2) is 3.16. The molecule has 1 nitrogen and oxygen atoms in total. The lowest BCUT2D eigenvalue weighted by atomic mass is 10.1. The second-order valence-electron chi connectivity index (χ2n) is 3.65. The molecule has 1 fully saturated rings. The molecule has 0 aliphatic heterocycles. The third-order valence-corrected chi connectivity index (χ3v) is 3.08.